The Morgan fingerprint density at radius 2 is 1.94 bits per heavy atom. The van der Waals surface area contributed by atoms with Gasteiger partial charge < -0.3 is 19.5 Å². The van der Waals surface area contributed by atoms with Crippen molar-refractivity contribution in [1.29, 1.82) is 0 Å². The zero-order chi connectivity index (χ0) is 22.5. The summed E-state index contributed by atoms with van der Waals surface area (Å²) in [6.07, 6.45) is 1.58. The van der Waals surface area contributed by atoms with Gasteiger partial charge in [-0.3, -0.25) is 9.59 Å². The smallest absolute Gasteiger partial charge is 0.253 e. The number of thioether (sulfide) groups is 1. The minimum atomic E-state index is -0.0818. The highest BCUT2D eigenvalue weighted by atomic mass is 32.2. The highest BCUT2D eigenvalue weighted by Gasteiger charge is 2.24. The van der Waals surface area contributed by atoms with Gasteiger partial charge in [-0.2, -0.15) is 0 Å². The third kappa shape index (κ3) is 5.49. The average molecular weight is 472 g/mol. The minimum absolute atomic E-state index is 0.0711. The van der Waals surface area contributed by atoms with E-state index in [1.165, 1.54) is 28.7 Å². The summed E-state index contributed by atoms with van der Waals surface area (Å²) >= 11 is 2.84. The number of benzene rings is 1. The first kappa shape index (κ1) is 22.3. The lowest BCUT2D eigenvalue weighted by atomic mass is 10.1. The summed E-state index contributed by atoms with van der Waals surface area (Å²) in [7, 11) is 0. The number of furan rings is 1. The number of rotatable bonds is 7. The molecule has 0 aliphatic carbocycles. The summed E-state index contributed by atoms with van der Waals surface area (Å²) in [5.74, 6) is 0.980. The molecule has 8 nitrogen and oxygen atoms in total. The number of nitrogens with one attached hydrogen (secondary N) is 1. The van der Waals surface area contributed by atoms with Crippen molar-refractivity contribution in [3.05, 3.63) is 59.0 Å². The molecule has 0 bridgehead atoms. The van der Waals surface area contributed by atoms with Crippen molar-refractivity contribution in [2.45, 2.75) is 24.7 Å². The number of nitrogens with zero attached hydrogens (tertiary/aromatic N) is 4. The van der Waals surface area contributed by atoms with E-state index in [0.29, 0.717) is 32.7 Å². The van der Waals surface area contributed by atoms with Crippen LogP contribution in [0.15, 0.2) is 45.4 Å². The number of hydrogen-bond acceptors (Lipinski definition) is 8. The van der Waals surface area contributed by atoms with Crippen molar-refractivity contribution in [3.8, 4) is 0 Å². The van der Waals surface area contributed by atoms with Gasteiger partial charge in [-0.1, -0.05) is 29.2 Å². The van der Waals surface area contributed by atoms with Crippen LogP contribution in [0.5, 0.6) is 0 Å². The van der Waals surface area contributed by atoms with Crippen LogP contribution in [-0.4, -0.2) is 58.8 Å². The molecule has 32 heavy (non-hydrogen) atoms. The lowest BCUT2D eigenvalue weighted by molar-refractivity contribution is -0.118. The SMILES string of the molecule is Cc1ccc(C(=O)N2CCN(c3nnc(SCC(=O)NCc4ccco4)s3)CC2)cc1C. The molecule has 0 radical (unpaired) electrons. The topological polar surface area (TPSA) is 91.6 Å². The fourth-order valence-electron chi connectivity index (χ4n) is 3.32. The van der Waals surface area contributed by atoms with Gasteiger partial charge in [-0.25, -0.2) is 0 Å². The van der Waals surface area contributed by atoms with Crippen molar-refractivity contribution in [2.75, 3.05) is 36.8 Å². The van der Waals surface area contributed by atoms with Gasteiger partial charge in [0.05, 0.1) is 18.6 Å². The predicted octanol–water partition coefficient (Wildman–Crippen LogP) is 3.12. The molecule has 4 rings (SSSR count). The Balaban J connectivity index is 1.24. The molecule has 1 N–H and O–H groups in total. The molecule has 2 amide bonds. The van der Waals surface area contributed by atoms with E-state index in [4.69, 9.17) is 4.42 Å². The Labute approximate surface area is 195 Å². The van der Waals surface area contributed by atoms with E-state index < -0.39 is 0 Å². The molecule has 1 aliphatic heterocycles. The maximum atomic E-state index is 12.8. The molecule has 168 valence electrons. The molecule has 0 spiro atoms. The molecule has 2 aromatic heterocycles. The first-order chi connectivity index (χ1) is 15.5. The number of aromatic nitrogens is 2. The van der Waals surface area contributed by atoms with Crippen molar-refractivity contribution in [2.24, 2.45) is 0 Å². The Bertz CT molecular complexity index is 1080. The molecule has 1 aromatic carbocycles. The largest absolute Gasteiger partial charge is 0.467 e. The lowest BCUT2D eigenvalue weighted by Gasteiger charge is -2.34. The number of piperazine rings is 1. The maximum absolute atomic E-state index is 12.8. The van der Waals surface area contributed by atoms with E-state index in [9.17, 15) is 9.59 Å². The lowest BCUT2D eigenvalue weighted by Crippen LogP contribution is -2.48. The second kappa shape index (κ2) is 10.2. The number of anilines is 1. The Hall–Kier alpha value is -2.85. The molecule has 3 aromatic rings. The van der Waals surface area contributed by atoms with Gasteiger partial charge >= 0.3 is 0 Å². The van der Waals surface area contributed by atoms with Crippen molar-refractivity contribution in [3.63, 3.8) is 0 Å². The summed E-state index contributed by atoms with van der Waals surface area (Å²) in [5, 5.41) is 12.1. The van der Waals surface area contributed by atoms with Gasteiger partial charge in [0.25, 0.3) is 5.91 Å². The monoisotopic (exact) mass is 471 g/mol. The number of aryl methyl sites for hydroxylation is 2. The zero-order valence-corrected chi connectivity index (χ0v) is 19.7. The predicted molar refractivity (Wildman–Crippen MR) is 125 cm³/mol. The average Bonchev–Trinajstić information content (AvgIpc) is 3.50. The van der Waals surface area contributed by atoms with Crippen molar-refractivity contribution < 1.29 is 14.0 Å². The molecular weight excluding hydrogens is 446 g/mol. The van der Waals surface area contributed by atoms with Gasteiger partial charge in [0.1, 0.15) is 5.76 Å². The quantitative estimate of drug-likeness (QED) is 0.530. The van der Waals surface area contributed by atoms with E-state index in [-0.39, 0.29) is 17.6 Å². The fourth-order valence-corrected chi connectivity index (χ4v) is 5.05. The highest BCUT2D eigenvalue weighted by molar-refractivity contribution is 8.01. The second-order valence-corrected chi connectivity index (χ2v) is 9.75. The fraction of sp³-hybridized carbons (Fsp3) is 0.364. The van der Waals surface area contributed by atoms with Gasteiger partial charge in [0.15, 0.2) is 4.34 Å². The summed E-state index contributed by atoms with van der Waals surface area (Å²) in [5.41, 5.74) is 3.05. The van der Waals surface area contributed by atoms with Crippen LogP contribution in [-0.2, 0) is 11.3 Å². The van der Waals surface area contributed by atoms with Gasteiger partial charge in [0.2, 0.25) is 11.0 Å². The summed E-state index contributed by atoms with van der Waals surface area (Å²) in [6, 6.07) is 9.47. The standard InChI is InChI=1S/C22H25N5O3S2/c1-15-5-6-17(12-16(15)2)20(29)26-7-9-27(10-8-26)21-24-25-22(32-21)31-14-19(28)23-13-18-4-3-11-30-18/h3-6,11-12H,7-10,13-14H2,1-2H3,(H,23,28). The Kier molecular flexibility index (Phi) is 7.11. The van der Waals surface area contributed by atoms with Crippen molar-refractivity contribution >= 4 is 40.0 Å². The molecule has 0 unspecified atom stereocenters. The van der Waals surface area contributed by atoms with Crippen LogP contribution >= 0.6 is 23.1 Å². The summed E-state index contributed by atoms with van der Waals surface area (Å²) in [4.78, 5) is 28.9. The van der Waals surface area contributed by atoms with Crippen LogP contribution in [0.4, 0.5) is 5.13 Å². The van der Waals surface area contributed by atoms with Gasteiger partial charge in [-0.05, 0) is 49.2 Å². The van der Waals surface area contributed by atoms with E-state index in [2.05, 4.69) is 20.4 Å². The van der Waals surface area contributed by atoms with E-state index >= 15 is 0 Å². The molecule has 0 saturated carbocycles. The van der Waals surface area contributed by atoms with Crippen LogP contribution in [0.1, 0.15) is 27.2 Å². The van der Waals surface area contributed by atoms with Crippen LogP contribution in [0.3, 0.4) is 0 Å². The Morgan fingerprint density at radius 3 is 2.66 bits per heavy atom. The molecular formula is C22H25N5O3S2. The Morgan fingerprint density at radius 1 is 1.12 bits per heavy atom. The van der Waals surface area contributed by atoms with Crippen LogP contribution in [0.25, 0.3) is 0 Å². The number of carbonyl (C=O) groups excluding carboxylic acids is 2. The summed E-state index contributed by atoms with van der Waals surface area (Å²) in [6.45, 7) is 7.14. The molecule has 0 atom stereocenters. The molecule has 10 heteroatoms. The molecule has 1 aliphatic rings. The minimum Gasteiger partial charge on any atom is -0.467 e. The van der Waals surface area contributed by atoms with Crippen LogP contribution < -0.4 is 10.2 Å². The van der Waals surface area contributed by atoms with Gasteiger partial charge in [-0.15, -0.1) is 10.2 Å². The van der Waals surface area contributed by atoms with Crippen LogP contribution in [0.2, 0.25) is 0 Å². The number of amides is 2. The van der Waals surface area contributed by atoms with Crippen LogP contribution in [0, 0.1) is 13.8 Å². The molecule has 1 saturated heterocycles. The van der Waals surface area contributed by atoms with E-state index in [1.54, 1.807) is 12.3 Å². The second-order valence-electron chi connectivity index (χ2n) is 7.57. The first-order valence-corrected chi connectivity index (χ1v) is 12.2. The normalized spacial score (nSPS) is 13.9. The van der Waals surface area contributed by atoms with E-state index in [0.717, 1.165) is 26.4 Å². The first-order valence-electron chi connectivity index (χ1n) is 10.4. The van der Waals surface area contributed by atoms with Gasteiger partial charge in [0, 0.05) is 31.7 Å². The molecule has 1 fully saturated rings. The van der Waals surface area contributed by atoms with E-state index in [1.807, 2.05) is 43.0 Å². The zero-order valence-electron chi connectivity index (χ0n) is 18.0. The number of hydrogen-bond donors (Lipinski definition) is 1. The summed E-state index contributed by atoms with van der Waals surface area (Å²) < 4.78 is 5.95. The third-order valence-corrected chi connectivity index (χ3v) is 7.47. The third-order valence-electron chi connectivity index (χ3n) is 5.35. The molecule has 3 heterocycles. The van der Waals surface area contributed by atoms with Crippen molar-refractivity contribution in [1.82, 2.24) is 20.4 Å². The number of carbonyl (C=O) groups is 2. The maximum Gasteiger partial charge on any atom is 0.253 e. The highest BCUT2D eigenvalue weighted by Crippen LogP contribution is 2.28.